The first-order chi connectivity index (χ1) is 12.2. The molecule has 1 N–H and O–H groups in total. The molecule has 1 aliphatic carbocycles. The zero-order valence-electron chi connectivity index (χ0n) is 14.0. The Kier molecular flexibility index (Phi) is 5.25. The van der Waals surface area contributed by atoms with Crippen LogP contribution < -0.4 is 5.32 Å². The van der Waals surface area contributed by atoms with Gasteiger partial charge in [-0.2, -0.15) is 5.26 Å². The van der Waals surface area contributed by atoms with E-state index in [0.717, 1.165) is 24.8 Å². The molecule has 0 atom stereocenters. The number of carbonyl (C=O) groups excluding carboxylic acids is 2. The quantitative estimate of drug-likeness (QED) is 0.825. The summed E-state index contributed by atoms with van der Waals surface area (Å²) in [5.74, 6) is -0.123. The molecular weight excluding hydrogens is 312 g/mol. The fourth-order valence-corrected chi connectivity index (χ4v) is 3.10. The van der Waals surface area contributed by atoms with Gasteiger partial charge < -0.3 is 5.32 Å². The van der Waals surface area contributed by atoms with Crippen molar-refractivity contribution in [2.45, 2.75) is 38.6 Å². The molecule has 3 rings (SSSR count). The standard InChI is InChI=1S/C21H20N2O2/c22-13-15-4-6-16(7-5-15)14-23-21(25)11-10-20(24)19-9-8-17-2-1-3-18(17)12-19/h4-9,12H,1-3,10-11,14H2,(H,23,25). The third kappa shape index (κ3) is 4.33. The van der Waals surface area contributed by atoms with Gasteiger partial charge in [-0.1, -0.05) is 24.3 Å². The van der Waals surface area contributed by atoms with Crippen LogP contribution in [0.15, 0.2) is 42.5 Å². The van der Waals surface area contributed by atoms with E-state index in [2.05, 4.69) is 11.4 Å². The molecule has 0 fully saturated rings. The molecule has 126 valence electrons. The summed E-state index contributed by atoms with van der Waals surface area (Å²) in [4.78, 5) is 24.2. The van der Waals surface area contributed by atoms with Crippen LogP contribution in [-0.4, -0.2) is 11.7 Å². The normalized spacial score (nSPS) is 12.3. The van der Waals surface area contributed by atoms with Crippen LogP contribution in [0.2, 0.25) is 0 Å². The largest absolute Gasteiger partial charge is 0.352 e. The molecule has 0 unspecified atom stereocenters. The van der Waals surface area contributed by atoms with E-state index in [0.29, 0.717) is 17.7 Å². The van der Waals surface area contributed by atoms with Gasteiger partial charge in [0.25, 0.3) is 0 Å². The van der Waals surface area contributed by atoms with Crippen molar-refractivity contribution in [2.75, 3.05) is 0 Å². The summed E-state index contributed by atoms with van der Waals surface area (Å²) in [7, 11) is 0. The van der Waals surface area contributed by atoms with Crippen LogP contribution in [0.3, 0.4) is 0 Å². The Morgan fingerprint density at radius 1 is 1.00 bits per heavy atom. The highest BCUT2D eigenvalue weighted by atomic mass is 16.2. The van der Waals surface area contributed by atoms with Gasteiger partial charge in [-0.25, -0.2) is 0 Å². The van der Waals surface area contributed by atoms with E-state index < -0.39 is 0 Å². The molecule has 2 aromatic carbocycles. The second-order valence-electron chi connectivity index (χ2n) is 6.35. The Hall–Kier alpha value is -2.93. The number of nitrogens with zero attached hydrogens (tertiary/aromatic N) is 1. The van der Waals surface area contributed by atoms with Crippen LogP contribution in [0.1, 0.15) is 51.9 Å². The zero-order chi connectivity index (χ0) is 17.6. The Morgan fingerprint density at radius 3 is 2.52 bits per heavy atom. The van der Waals surface area contributed by atoms with Gasteiger partial charge >= 0.3 is 0 Å². The van der Waals surface area contributed by atoms with E-state index in [-0.39, 0.29) is 24.5 Å². The van der Waals surface area contributed by atoms with Crippen LogP contribution in [-0.2, 0) is 24.2 Å². The minimum Gasteiger partial charge on any atom is -0.352 e. The van der Waals surface area contributed by atoms with Gasteiger partial charge in [0.1, 0.15) is 0 Å². The third-order valence-electron chi connectivity index (χ3n) is 4.57. The predicted molar refractivity (Wildman–Crippen MR) is 95.0 cm³/mol. The fourth-order valence-electron chi connectivity index (χ4n) is 3.10. The molecule has 0 saturated carbocycles. The maximum absolute atomic E-state index is 12.3. The molecule has 1 aliphatic rings. The van der Waals surface area contributed by atoms with Gasteiger partial charge in [0.05, 0.1) is 11.6 Å². The number of carbonyl (C=O) groups is 2. The first-order valence-corrected chi connectivity index (χ1v) is 8.56. The van der Waals surface area contributed by atoms with Crippen LogP contribution in [0.5, 0.6) is 0 Å². The molecule has 2 aromatic rings. The maximum atomic E-state index is 12.3. The number of nitriles is 1. The smallest absolute Gasteiger partial charge is 0.220 e. The van der Waals surface area contributed by atoms with E-state index in [4.69, 9.17) is 5.26 Å². The van der Waals surface area contributed by atoms with Crippen molar-refractivity contribution in [1.82, 2.24) is 5.32 Å². The SMILES string of the molecule is N#Cc1ccc(CNC(=O)CCC(=O)c2ccc3c(c2)CCC3)cc1. The Balaban J connectivity index is 1.46. The van der Waals surface area contributed by atoms with Crippen LogP contribution in [0.25, 0.3) is 0 Å². The lowest BCUT2D eigenvalue weighted by molar-refractivity contribution is -0.121. The van der Waals surface area contributed by atoms with Gasteiger partial charge in [-0.05, 0) is 54.2 Å². The number of benzene rings is 2. The number of nitrogens with one attached hydrogen (secondary N) is 1. The molecule has 0 aromatic heterocycles. The Morgan fingerprint density at radius 2 is 1.76 bits per heavy atom. The summed E-state index contributed by atoms with van der Waals surface area (Å²) in [5, 5.41) is 11.6. The summed E-state index contributed by atoms with van der Waals surface area (Å²) in [6.45, 7) is 0.400. The maximum Gasteiger partial charge on any atom is 0.220 e. The first-order valence-electron chi connectivity index (χ1n) is 8.56. The summed E-state index contributed by atoms with van der Waals surface area (Å²) in [6.07, 6.45) is 3.71. The summed E-state index contributed by atoms with van der Waals surface area (Å²) in [5.41, 5.74) is 4.85. The van der Waals surface area contributed by atoms with Gasteiger partial charge in [0, 0.05) is 24.9 Å². The van der Waals surface area contributed by atoms with Crippen LogP contribution in [0, 0.1) is 11.3 Å². The van der Waals surface area contributed by atoms with Crippen molar-refractivity contribution in [3.8, 4) is 6.07 Å². The van der Waals surface area contributed by atoms with Gasteiger partial charge in [-0.3, -0.25) is 9.59 Å². The van der Waals surface area contributed by atoms with Crippen molar-refractivity contribution < 1.29 is 9.59 Å². The molecule has 0 heterocycles. The lowest BCUT2D eigenvalue weighted by atomic mass is 10.0. The molecule has 0 aliphatic heterocycles. The number of aryl methyl sites for hydroxylation is 2. The second-order valence-corrected chi connectivity index (χ2v) is 6.35. The molecule has 4 heteroatoms. The highest BCUT2D eigenvalue weighted by Crippen LogP contribution is 2.23. The van der Waals surface area contributed by atoms with Gasteiger partial charge in [0.2, 0.25) is 5.91 Å². The highest BCUT2D eigenvalue weighted by molar-refractivity contribution is 5.98. The Bertz CT molecular complexity index is 832. The minimum atomic E-state index is -0.140. The van der Waals surface area contributed by atoms with Gasteiger partial charge in [0.15, 0.2) is 5.78 Å². The minimum absolute atomic E-state index is 0.0169. The third-order valence-corrected chi connectivity index (χ3v) is 4.57. The summed E-state index contributed by atoms with van der Waals surface area (Å²) >= 11 is 0. The van der Waals surface area contributed by atoms with Crippen molar-refractivity contribution in [1.29, 1.82) is 5.26 Å². The van der Waals surface area contributed by atoms with Crippen molar-refractivity contribution in [2.24, 2.45) is 0 Å². The second kappa shape index (κ2) is 7.76. The molecule has 0 spiro atoms. The van der Waals surface area contributed by atoms with Crippen LogP contribution >= 0.6 is 0 Å². The van der Waals surface area contributed by atoms with E-state index >= 15 is 0 Å². The molecule has 0 saturated heterocycles. The molecule has 0 bridgehead atoms. The Labute approximate surface area is 147 Å². The van der Waals surface area contributed by atoms with Crippen molar-refractivity contribution in [3.63, 3.8) is 0 Å². The number of hydrogen-bond acceptors (Lipinski definition) is 3. The summed E-state index contributed by atoms with van der Waals surface area (Å²) in [6, 6.07) is 15.0. The van der Waals surface area contributed by atoms with Crippen LogP contribution in [0.4, 0.5) is 0 Å². The number of Topliss-reactive ketones (excluding diaryl/α,β-unsaturated/α-hetero) is 1. The van der Waals surface area contributed by atoms with Crippen molar-refractivity contribution >= 4 is 11.7 Å². The summed E-state index contributed by atoms with van der Waals surface area (Å²) < 4.78 is 0. The van der Waals surface area contributed by atoms with E-state index in [1.54, 1.807) is 12.1 Å². The van der Waals surface area contributed by atoms with Gasteiger partial charge in [-0.15, -0.1) is 0 Å². The topological polar surface area (TPSA) is 70.0 Å². The molecule has 25 heavy (non-hydrogen) atoms. The number of hydrogen-bond donors (Lipinski definition) is 1. The van der Waals surface area contributed by atoms with E-state index in [9.17, 15) is 9.59 Å². The monoisotopic (exact) mass is 332 g/mol. The average molecular weight is 332 g/mol. The lowest BCUT2D eigenvalue weighted by Crippen LogP contribution is -2.23. The molecule has 0 radical (unpaired) electrons. The lowest BCUT2D eigenvalue weighted by Gasteiger charge is -2.06. The number of fused-ring (bicyclic) bond motifs is 1. The predicted octanol–water partition coefficient (Wildman–Crippen LogP) is 3.33. The number of rotatable bonds is 6. The number of ketones is 1. The fraction of sp³-hybridized carbons (Fsp3) is 0.286. The highest BCUT2D eigenvalue weighted by Gasteiger charge is 2.14. The zero-order valence-corrected chi connectivity index (χ0v) is 14.0. The molecule has 4 nitrogen and oxygen atoms in total. The molecular formula is C21H20N2O2. The first kappa shape index (κ1) is 16.9. The van der Waals surface area contributed by atoms with E-state index in [1.165, 1.54) is 11.1 Å². The number of amides is 1. The average Bonchev–Trinajstić information content (AvgIpc) is 3.12. The molecule has 1 amide bonds. The van der Waals surface area contributed by atoms with E-state index in [1.807, 2.05) is 30.3 Å². The van der Waals surface area contributed by atoms with Crippen molar-refractivity contribution in [3.05, 3.63) is 70.3 Å².